The van der Waals surface area contributed by atoms with Crippen molar-refractivity contribution in [1.82, 2.24) is 14.5 Å². The molecule has 2 aromatic carbocycles. The molecule has 36 heavy (non-hydrogen) atoms. The Kier molecular flexibility index (Phi) is 5.74. The Labute approximate surface area is 203 Å². The zero-order chi connectivity index (χ0) is 25.8. The van der Waals surface area contributed by atoms with E-state index in [2.05, 4.69) is 15.0 Å². The second-order valence-corrected chi connectivity index (χ2v) is 10.4. The molecule has 5 rings (SSSR count). The van der Waals surface area contributed by atoms with Crippen molar-refractivity contribution in [1.29, 1.82) is 0 Å². The molecule has 0 atom stereocenters. The second kappa shape index (κ2) is 8.66. The number of aryl methyl sites for hydroxylation is 1. The number of para-hydroxylation sites is 1. The summed E-state index contributed by atoms with van der Waals surface area (Å²) in [7, 11) is -3.18. The van der Waals surface area contributed by atoms with Crippen molar-refractivity contribution >= 4 is 39.1 Å². The van der Waals surface area contributed by atoms with Gasteiger partial charge in [-0.15, -0.1) is 0 Å². The molecule has 1 aliphatic heterocycles. The summed E-state index contributed by atoms with van der Waals surface area (Å²) in [5.41, 5.74) is -0.801. The third kappa shape index (κ3) is 4.19. The van der Waals surface area contributed by atoms with Crippen molar-refractivity contribution in [3.8, 4) is 16.9 Å². The highest BCUT2D eigenvalue weighted by atomic mass is 32.3. The number of ketones is 1. The van der Waals surface area contributed by atoms with E-state index in [0.29, 0.717) is 11.1 Å². The van der Waals surface area contributed by atoms with Gasteiger partial charge >= 0.3 is 0 Å². The van der Waals surface area contributed by atoms with Crippen LogP contribution in [0.25, 0.3) is 28.0 Å². The molecule has 0 amide bonds. The lowest BCUT2D eigenvalue weighted by Gasteiger charge is -2.22. The molecule has 2 N–H and O–H groups in total. The molecule has 0 spiro atoms. The Morgan fingerprint density at radius 1 is 0.972 bits per heavy atom. The fourth-order valence-corrected chi connectivity index (χ4v) is 5.38. The van der Waals surface area contributed by atoms with E-state index in [-0.39, 0.29) is 28.4 Å². The van der Waals surface area contributed by atoms with Crippen molar-refractivity contribution in [3.63, 3.8) is 0 Å². The van der Waals surface area contributed by atoms with Gasteiger partial charge < -0.3 is 0 Å². The van der Waals surface area contributed by atoms with Crippen LogP contribution in [0.15, 0.2) is 58.3 Å². The zero-order valence-electron chi connectivity index (χ0n) is 18.6. The molecule has 12 heteroatoms. The van der Waals surface area contributed by atoms with Crippen LogP contribution in [0.2, 0.25) is 0 Å². The number of Topliss-reactive ketones (excluding diaryl/α,β-unsaturated/α-hetero) is 1. The number of halogens is 3. The van der Waals surface area contributed by atoms with Crippen molar-refractivity contribution in [2.45, 2.75) is 6.92 Å². The van der Waals surface area contributed by atoms with Gasteiger partial charge in [0.25, 0.3) is 11.5 Å². The van der Waals surface area contributed by atoms with E-state index in [1.165, 1.54) is 24.3 Å². The number of carbonyl (C=O) groups excluding carboxylic acids is 1. The van der Waals surface area contributed by atoms with Gasteiger partial charge in [-0.05, 0) is 48.9 Å². The minimum atomic E-state index is -3.18. The molecule has 1 fully saturated rings. The van der Waals surface area contributed by atoms with Gasteiger partial charge in [0, 0.05) is 17.0 Å². The Morgan fingerprint density at radius 2 is 1.69 bits per heavy atom. The van der Waals surface area contributed by atoms with Crippen LogP contribution in [0.4, 0.5) is 19.1 Å². The van der Waals surface area contributed by atoms with E-state index in [1.807, 2.05) is 0 Å². The Hall–Kier alpha value is -3.87. The van der Waals surface area contributed by atoms with Gasteiger partial charge in [-0.25, -0.2) is 23.1 Å². The predicted molar refractivity (Wildman–Crippen MR) is 130 cm³/mol. The van der Waals surface area contributed by atoms with E-state index in [9.17, 15) is 31.9 Å². The summed E-state index contributed by atoms with van der Waals surface area (Å²) in [5.74, 6) is -4.38. The number of carbonyl (C=O) groups is 1. The van der Waals surface area contributed by atoms with Crippen LogP contribution in [-0.4, -0.2) is 46.6 Å². The first-order valence-electron chi connectivity index (χ1n) is 10.5. The number of pyridine rings is 1. The first-order valence-corrected chi connectivity index (χ1v) is 12.4. The summed E-state index contributed by atoms with van der Waals surface area (Å²) >= 11 is 0. The molecule has 2 aromatic heterocycles. The molecule has 3 heterocycles. The molecule has 0 unspecified atom stereocenters. The SMILES string of the molecule is Cc1cc(F)ccc1-c1nc(N=C2CS(O)(O)CC2=O)nc2c1ccc(=O)n2-c1c(F)cccc1F. The van der Waals surface area contributed by atoms with Crippen LogP contribution in [-0.2, 0) is 4.79 Å². The molecule has 0 saturated carbocycles. The highest BCUT2D eigenvalue weighted by Crippen LogP contribution is 2.43. The first-order chi connectivity index (χ1) is 17.0. The monoisotopic (exact) mass is 514 g/mol. The number of fused-ring (bicyclic) bond motifs is 1. The molecule has 184 valence electrons. The number of nitrogens with zero attached hydrogens (tertiary/aromatic N) is 4. The first kappa shape index (κ1) is 23.9. The van der Waals surface area contributed by atoms with Crippen molar-refractivity contribution in [2.24, 2.45) is 4.99 Å². The molecule has 1 saturated heterocycles. The van der Waals surface area contributed by atoms with E-state index in [4.69, 9.17) is 0 Å². The molecule has 0 aliphatic carbocycles. The fourth-order valence-electron chi connectivity index (χ4n) is 4.03. The molecule has 8 nitrogen and oxygen atoms in total. The lowest BCUT2D eigenvalue weighted by Crippen LogP contribution is -2.21. The summed E-state index contributed by atoms with van der Waals surface area (Å²) in [6, 6.07) is 9.49. The summed E-state index contributed by atoms with van der Waals surface area (Å²) < 4.78 is 63.8. The van der Waals surface area contributed by atoms with Gasteiger partial charge in [-0.2, -0.15) is 15.6 Å². The normalized spacial score (nSPS) is 17.2. The Morgan fingerprint density at radius 3 is 2.33 bits per heavy atom. The van der Waals surface area contributed by atoms with Gasteiger partial charge in [-0.1, -0.05) is 6.07 Å². The molecular formula is C24H17F3N4O4S. The quantitative estimate of drug-likeness (QED) is 0.413. The minimum absolute atomic E-state index is 0.166. The van der Waals surface area contributed by atoms with Gasteiger partial charge in [0.15, 0.2) is 11.4 Å². The number of aliphatic imine (C=N–C) groups is 1. The van der Waals surface area contributed by atoms with E-state index >= 15 is 0 Å². The average molecular weight is 514 g/mol. The largest absolute Gasteiger partial charge is 0.299 e. The second-order valence-electron chi connectivity index (χ2n) is 8.22. The van der Waals surface area contributed by atoms with Gasteiger partial charge in [0.1, 0.15) is 34.6 Å². The number of hydrogen-bond donors (Lipinski definition) is 2. The Bertz CT molecular complexity index is 1650. The van der Waals surface area contributed by atoms with Crippen LogP contribution < -0.4 is 5.56 Å². The van der Waals surface area contributed by atoms with Crippen LogP contribution in [0.5, 0.6) is 0 Å². The maximum Gasteiger partial charge on any atom is 0.256 e. The predicted octanol–water partition coefficient (Wildman–Crippen LogP) is 4.58. The van der Waals surface area contributed by atoms with Gasteiger partial charge in [0.05, 0.1) is 11.4 Å². The average Bonchev–Trinajstić information content (AvgIpc) is 3.05. The fraction of sp³-hybridized carbons (Fsp3) is 0.125. The molecule has 4 aromatic rings. The van der Waals surface area contributed by atoms with Gasteiger partial charge in [0.2, 0.25) is 0 Å². The van der Waals surface area contributed by atoms with Crippen LogP contribution in [0.3, 0.4) is 0 Å². The number of benzene rings is 2. The highest BCUT2D eigenvalue weighted by molar-refractivity contribution is 8.26. The molecule has 1 aliphatic rings. The summed E-state index contributed by atoms with van der Waals surface area (Å²) in [4.78, 5) is 37.8. The summed E-state index contributed by atoms with van der Waals surface area (Å²) in [6.07, 6.45) is 0. The van der Waals surface area contributed by atoms with Crippen molar-refractivity contribution in [3.05, 3.63) is 81.9 Å². The standard InChI is InChI=1S/C24H17F3N4O4S/c1-12-9-13(25)5-6-14(12)21-15-7-8-20(33)31(22-16(26)3-2-4-17(22)27)23(15)30-24(29-21)28-18-10-36(34,35)11-19(18)32/h2-9,34-35H,10-11H2,1H3. The number of rotatable bonds is 3. The minimum Gasteiger partial charge on any atom is -0.299 e. The number of aromatic nitrogens is 3. The third-order valence-corrected chi connectivity index (χ3v) is 7.09. The lowest BCUT2D eigenvalue weighted by molar-refractivity contribution is -0.110. The maximum absolute atomic E-state index is 14.7. The topological polar surface area (TPSA) is 118 Å². The van der Waals surface area contributed by atoms with E-state index < -0.39 is 56.6 Å². The Balaban J connectivity index is 1.88. The molecular weight excluding hydrogens is 497 g/mol. The zero-order valence-corrected chi connectivity index (χ0v) is 19.4. The van der Waals surface area contributed by atoms with E-state index in [0.717, 1.165) is 28.8 Å². The molecule has 0 radical (unpaired) electrons. The summed E-state index contributed by atoms with van der Waals surface area (Å²) in [5, 5.41) is 0.206. The van der Waals surface area contributed by atoms with E-state index in [1.54, 1.807) is 6.92 Å². The van der Waals surface area contributed by atoms with Gasteiger partial charge in [-0.3, -0.25) is 23.3 Å². The highest BCUT2D eigenvalue weighted by Gasteiger charge is 2.33. The third-order valence-electron chi connectivity index (χ3n) is 5.63. The van der Waals surface area contributed by atoms with Crippen molar-refractivity contribution in [2.75, 3.05) is 11.5 Å². The molecule has 0 bridgehead atoms. The maximum atomic E-state index is 14.7. The van der Waals surface area contributed by atoms with Crippen LogP contribution >= 0.6 is 10.6 Å². The number of hydrogen-bond acceptors (Lipinski definition) is 7. The van der Waals surface area contributed by atoms with Crippen molar-refractivity contribution < 1.29 is 27.1 Å². The smallest absolute Gasteiger partial charge is 0.256 e. The van der Waals surface area contributed by atoms with Crippen LogP contribution in [0, 0.1) is 24.4 Å². The summed E-state index contributed by atoms with van der Waals surface area (Å²) in [6.45, 7) is 1.63. The lowest BCUT2D eigenvalue weighted by atomic mass is 10.0. The van der Waals surface area contributed by atoms with Crippen LogP contribution in [0.1, 0.15) is 5.56 Å².